The number of nitrogens with zero attached hydrogens (tertiary/aromatic N) is 3. The SMILES string of the molecule is C#C.C#C.CC.C[C@@H]1CC(=O)N(C(c2cncc(F)c2)C2CC2)C(N)=N1.NC=O. The minimum atomic E-state index is -0.401. The van der Waals surface area contributed by atoms with Crippen LogP contribution in [0.25, 0.3) is 0 Å². The predicted octanol–water partition coefficient (Wildman–Crippen LogP) is 2.23. The van der Waals surface area contributed by atoms with E-state index in [1.54, 1.807) is 6.20 Å². The molecule has 8 heteroatoms. The van der Waals surface area contributed by atoms with Crippen LogP contribution in [0.5, 0.6) is 0 Å². The molecule has 29 heavy (non-hydrogen) atoms. The quantitative estimate of drug-likeness (QED) is 0.595. The van der Waals surface area contributed by atoms with Gasteiger partial charge in [-0.25, -0.2) is 9.38 Å². The number of aromatic nitrogens is 1. The third-order valence-corrected chi connectivity index (χ3v) is 3.75. The molecule has 1 saturated carbocycles. The van der Waals surface area contributed by atoms with Crippen LogP contribution in [0.3, 0.4) is 0 Å². The molecule has 0 spiro atoms. The van der Waals surface area contributed by atoms with Crippen molar-refractivity contribution < 1.29 is 14.0 Å². The Labute approximate surface area is 172 Å². The number of guanidine groups is 1. The first-order valence-electron chi connectivity index (χ1n) is 9.05. The largest absolute Gasteiger partial charge is 0.372 e. The van der Waals surface area contributed by atoms with E-state index in [1.807, 2.05) is 20.8 Å². The fourth-order valence-electron chi connectivity index (χ4n) is 2.74. The molecule has 1 aromatic heterocycles. The van der Waals surface area contributed by atoms with Crippen LogP contribution < -0.4 is 11.5 Å². The van der Waals surface area contributed by atoms with Crippen LogP contribution in [0.15, 0.2) is 23.5 Å². The lowest BCUT2D eigenvalue weighted by Gasteiger charge is -2.34. The zero-order valence-electron chi connectivity index (χ0n) is 17.2. The number of terminal acetylenes is 2. The smallest absolute Gasteiger partial charge is 0.232 e. The molecular formula is C21H30FN5O2. The monoisotopic (exact) mass is 403 g/mol. The zero-order valence-corrected chi connectivity index (χ0v) is 17.2. The third-order valence-electron chi connectivity index (χ3n) is 3.75. The second-order valence-electron chi connectivity index (χ2n) is 5.66. The minimum Gasteiger partial charge on any atom is -0.372 e. The van der Waals surface area contributed by atoms with Gasteiger partial charge in [-0.2, -0.15) is 0 Å². The molecule has 1 aromatic rings. The highest BCUT2D eigenvalue weighted by Crippen LogP contribution is 2.45. The summed E-state index contributed by atoms with van der Waals surface area (Å²) in [6, 6.07) is 1.08. The van der Waals surface area contributed by atoms with Crippen LogP contribution in [0.1, 0.15) is 51.6 Å². The minimum absolute atomic E-state index is 0.0499. The Hall–Kier alpha value is -3.39. The lowest BCUT2D eigenvalue weighted by molar-refractivity contribution is -0.130. The van der Waals surface area contributed by atoms with Gasteiger partial charge in [-0.1, -0.05) is 13.8 Å². The number of hydrogen-bond acceptors (Lipinski definition) is 5. The van der Waals surface area contributed by atoms with Gasteiger partial charge in [0.15, 0.2) is 5.96 Å². The first kappa shape index (κ1) is 27.8. The van der Waals surface area contributed by atoms with Crippen molar-refractivity contribution in [3.8, 4) is 25.7 Å². The summed E-state index contributed by atoms with van der Waals surface area (Å²) in [6.45, 7) is 5.86. The average molecular weight is 404 g/mol. The average Bonchev–Trinajstić information content (AvgIpc) is 3.55. The molecule has 1 unspecified atom stereocenters. The van der Waals surface area contributed by atoms with Gasteiger partial charge in [0.2, 0.25) is 12.3 Å². The topological polar surface area (TPSA) is 115 Å². The van der Waals surface area contributed by atoms with E-state index in [-0.39, 0.29) is 30.4 Å². The van der Waals surface area contributed by atoms with E-state index in [0.29, 0.717) is 17.9 Å². The number of carbonyl (C=O) groups is 2. The van der Waals surface area contributed by atoms with Gasteiger partial charge in [-0.05, 0) is 37.3 Å². The zero-order chi connectivity index (χ0) is 23.0. The molecule has 0 aromatic carbocycles. The summed E-state index contributed by atoms with van der Waals surface area (Å²) in [5, 5.41) is 0. The van der Waals surface area contributed by atoms with Crippen LogP contribution in [0.2, 0.25) is 0 Å². The summed E-state index contributed by atoms with van der Waals surface area (Å²) in [5.41, 5.74) is 10.8. The molecular weight excluding hydrogens is 373 g/mol. The molecule has 1 aliphatic carbocycles. The van der Waals surface area contributed by atoms with Gasteiger partial charge in [0.1, 0.15) is 5.82 Å². The summed E-state index contributed by atoms with van der Waals surface area (Å²) < 4.78 is 13.4. The van der Waals surface area contributed by atoms with Gasteiger partial charge in [0.25, 0.3) is 0 Å². The van der Waals surface area contributed by atoms with E-state index in [1.165, 1.54) is 11.0 Å². The van der Waals surface area contributed by atoms with Crippen molar-refractivity contribution in [3.63, 3.8) is 0 Å². The van der Waals surface area contributed by atoms with Crippen LogP contribution in [-0.4, -0.2) is 34.2 Å². The summed E-state index contributed by atoms with van der Waals surface area (Å²) in [4.78, 5) is 30.6. The number of nitrogens with two attached hydrogens (primary N) is 2. The number of rotatable bonds is 3. The Morgan fingerprint density at radius 1 is 1.24 bits per heavy atom. The van der Waals surface area contributed by atoms with Crippen molar-refractivity contribution >= 4 is 18.3 Å². The first-order chi connectivity index (χ1) is 14.0. The van der Waals surface area contributed by atoms with Crippen molar-refractivity contribution in [3.05, 3.63) is 29.8 Å². The molecule has 4 N–H and O–H groups in total. The van der Waals surface area contributed by atoms with Crippen molar-refractivity contribution in [2.45, 2.75) is 52.1 Å². The molecule has 1 fully saturated rings. The second kappa shape index (κ2) is 15.6. The third kappa shape index (κ3) is 8.89. The normalized spacial score (nSPS) is 17.7. The standard InChI is InChI=1S/C14H17FN4O.C2H6.2C2H2.CH3NO/c1-8-4-12(20)19(14(16)18-8)13(9-2-3-9)10-5-11(15)7-17-6-10;3*1-2;2-1-3/h5-9,13H,2-4H2,1H3,(H2,16,18);1-2H3;2*1-2H;1H,(H2,2,3)/t8-,13?;;;;/m1..../s1. The summed E-state index contributed by atoms with van der Waals surface area (Å²) in [5.74, 6) is 0.0901. The van der Waals surface area contributed by atoms with E-state index in [4.69, 9.17) is 10.5 Å². The number of amides is 2. The fraction of sp³-hybridized carbons (Fsp3) is 0.429. The highest BCUT2D eigenvalue weighted by Gasteiger charge is 2.42. The van der Waals surface area contributed by atoms with E-state index in [0.717, 1.165) is 19.0 Å². The molecule has 3 rings (SSSR count). The molecule has 1 aliphatic heterocycles. The Morgan fingerprint density at radius 3 is 2.17 bits per heavy atom. The van der Waals surface area contributed by atoms with Crippen molar-refractivity contribution in [1.29, 1.82) is 0 Å². The summed E-state index contributed by atoms with van der Waals surface area (Å²) >= 11 is 0. The van der Waals surface area contributed by atoms with Crippen molar-refractivity contribution in [2.24, 2.45) is 22.4 Å². The van der Waals surface area contributed by atoms with Crippen LogP contribution >= 0.6 is 0 Å². The highest BCUT2D eigenvalue weighted by atomic mass is 19.1. The van der Waals surface area contributed by atoms with Gasteiger partial charge < -0.3 is 11.5 Å². The highest BCUT2D eigenvalue weighted by molar-refractivity contribution is 5.99. The number of aliphatic imine (C=N–C) groups is 1. The fourth-order valence-corrected chi connectivity index (χ4v) is 2.74. The molecule has 2 atom stereocenters. The van der Waals surface area contributed by atoms with Gasteiger partial charge in [-0.3, -0.25) is 19.5 Å². The second-order valence-corrected chi connectivity index (χ2v) is 5.66. The predicted molar refractivity (Wildman–Crippen MR) is 114 cm³/mol. The van der Waals surface area contributed by atoms with Gasteiger partial charge in [0, 0.05) is 12.6 Å². The molecule has 7 nitrogen and oxygen atoms in total. The van der Waals surface area contributed by atoms with Crippen LogP contribution in [0.4, 0.5) is 4.39 Å². The number of pyridine rings is 1. The maximum atomic E-state index is 13.4. The number of hydrogen-bond donors (Lipinski definition) is 2. The number of halogens is 1. The van der Waals surface area contributed by atoms with Crippen molar-refractivity contribution in [2.75, 3.05) is 0 Å². The summed E-state index contributed by atoms with van der Waals surface area (Å²) in [7, 11) is 0. The Balaban J connectivity index is 0. The maximum Gasteiger partial charge on any atom is 0.232 e. The van der Waals surface area contributed by atoms with Crippen LogP contribution in [0, 0.1) is 37.4 Å². The van der Waals surface area contributed by atoms with Gasteiger partial charge >= 0.3 is 0 Å². The Kier molecular flexibility index (Phi) is 15.0. The van der Waals surface area contributed by atoms with Gasteiger partial charge in [-0.15, -0.1) is 25.7 Å². The Morgan fingerprint density at radius 2 is 1.76 bits per heavy atom. The number of carbonyl (C=O) groups excluding carboxylic acids is 2. The maximum absolute atomic E-state index is 13.4. The molecule has 0 radical (unpaired) electrons. The lowest BCUT2D eigenvalue weighted by atomic mass is 10.0. The van der Waals surface area contributed by atoms with Crippen LogP contribution in [-0.2, 0) is 9.59 Å². The molecule has 0 bridgehead atoms. The van der Waals surface area contributed by atoms with E-state index in [9.17, 15) is 9.18 Å². The summed E-state index contributed by atoms with van der Waals surface area (Å²) in [6.07, 6.45) is 21.4. The van der Waals surface area contributed by atoms with E-state index in [2.05, 4.69) is 41.4 Å². The Bertz CT molecular complexity index is 693. The molecule has 158 valence electrons. The van der Waals surface area contributed by atoms with Crippen molar-refractivity contribution in [1.82, 2.24) is 9.88 Å². The lowest BCUT2D eigenvalue weighted by Crippen LogP contribution is -2.49. The van der Waals surface area contributed by atoms with Gasteiger partial charge in [0.05, 0.1) is 18.3 Å². The molecule has 2 amide bonds. The number of primary amides is 1. The molecule has 0 saturated heterocycles. The molecule has 2 heterocycles. The first-order valence-corrected chi connectivity index (χ1v) is 9.05. The molecule has 2 aliphatic rings. The van der Waals surface area contributed by atoms with E-state index >= 15 is 0 Å². The van der Waals surface area contributed by atoms with E-state index < -0.39 is 5.82 Å².